The molecule has 3 rings (SSSR count). The van der Waals surface area contributed by atoms with Crippen molar-refractivity contribution in [3.63, 3.8) is 0 Å². The average molecular weight is 361 g/mol. The minimum absolute atomic E-state index is 0.0966. The molecule has 25 heavy (non-hydrogen) atoms. The lowest BCUT2D eigenvalue weighted by Gasteiger charge is -2.12. The van der Waals surface area contributed by atoms with E-state index in [0.29, 0.717) is 22.8 Å². The van der Waals surface area contributed by atoms with Crippen LogP contribution in [0, 0.1) is 5.92 Å². The first kappa shape index (κ1) is 17.5. The summed E-state index contributed by atoms with van der Waals surface area (Å²) in [5, 5.41) is 10.3. The summed E-state index contributed by atoms with van der Waals surface area (Å²) in [4.78, 5) is 24.8. The van der Waals surface area contributed by atoms with E-state index in [4.69, 9.17) is 11.6 Å². The molecule has 0 bridgehead atoms. The lowest BCUT2D eigenvalue weighted by molar-refractivity contribution is -0.117. The lowest BCUT2D eigenvalue weighted by Crippen LogP contribution is -2.26. The Hall–Kier alpha value is -2.34. The van der Waals surface area contributed by atoms with Crippen molar-refractivity contribution in [3.05, 3.63) is 46.7 Å². The minimum atomic E-state index is -0.214. The number of nitrogens with one attached hydrogen (secondary N) is 2. The number of hydrogen-bond donors (Lipinski definition) is 2. The Bertz CT molecular complexity index is 802. The van der Waals surface area contributed by atoms with Gasteiger partial charge in [-0.1, -0.05) is 18.5 Å². The van der Waals surface area contributed by atoms with E-state index in [1.165, 1.54) is 0 Å². The maximum atomic E-state index is 12.6. The van der Waals surface area contributed by atoms with Crippen molar-refractivity contribution < 1.29 is 9.59 Å². The van der Waals surface area contributed by atoms with Crippen LogP contribution in [0.15, 0.2) is 30.6 Å². The minimum Gasteiger partial charge on any atom is -0.352 e. The molecular weight excluding hydrogens is 340 g/mol. The van der Waals surface area contributed by atoms with Gasteiger partial charge in [-0.05, 0) is 42.5 Å². The molecule has 2 atom stereocenters. The maximum Gasteiger partial charge on any atom is 0.253 e. The van der Waals surface area contributed by atoms with Gasteiger partial charge in [-0.3, -0.25) is 14.3 Å². The van der Waals surface area contributed by atoms with Crippen LogP contribution in [0.3, 0.4) is 0 Å². The molecule has 6 nitrogen and oxygen atoms in total. The SMILES string of the molecule is CCCNC(=O)c1ccc(Cl)cc1NC(=O)C1CC1c1cnn(C)c1. The molecular formula is C18H21ClN4O2. The molecule has 0 saturated heterocycles. The number of hydrogen-bond acceptors (Lipinski definition) is 3. The van der Waals surface area contributed by atoms with Crippen molar-refractivity contribution in [2.24, 2.45) is 13.0 Å². The normalized spacial score (nSPS) is 18.7. The molecule has 7 heteroatoms. The van der Waals surface area contributed by atoms with Crippen molar-refractivity contribution in [1.82, 2.24) is 15.1 Å². The van der Waals surface area contributed by atoms with E-state index < -0.39 is 0 Å². The maximum absolute atomic E-state index is 12.6. The van der Waals surface area contributed by atoms with E-state index in [1.54, 1.807) is 29.1 Å². The fourth-order valence-corrected chi connectivity index (χ4v) is 3.03. The average Bonchev–Trinajstić information content (AvgIpc) is 3.27. The van der Waals surface area contributed by atoms with Gasteiger partial charge in [0.05, 0.1) is 17.4 Å². The summed E-state index contributed by atoms with van der Waals surface area (Å²) in [6, 6.07) is 4.89. The molecule has 2 amide bonds. The van der Waals surface area contributed by atoms with E-state index in [-0.39, 0.29) is 23.7 Å². The molecule has 0 spiro atoms. The Balaban J connectivity index is 1.71. The summed E-state index contributed by atoms with van der Waals surface area (Å²) in [7, 11) is 1.86. The Morgan fingerprint density at radius 3 is 2.88 bits per heavy atom. The van der Waals surface area contributed by atoms with Crippen molar-refractivity contribution in [2.45, 2.75) is 25.7 Å². The Kier molecular flexibility index (Phi) is 5.08. The number of amides is 2. The summed E-state index contributed by atoms with van der Waals surface area (Å²) in [5.41, 5.74) is 1.93. The highest BCUT2D eigenvalue weighted by atomic mass is 35.5. The molecule has 0 aliphatic heterocycles. The molecule has 132 valence electrons. The van der Waals surface area contributed by atoms with Crippen LogP contribution in [-0.2, 0) is 11.8 Å². The zero-order valence-corrected chi connectivity index (χ0v) is 15.0. The Labute approximate surface area is 151 Å². The summed E-state index contributed by atoms with van der Waals surface area (Å²) >= 11 is 6.04. The summed E-state index contributed by atoms with van der Waals surface area (Å²) in [5.74, 6) is -0.228. The fraction of sp³-hybridized carbons (Fsp3) is 0.389. The second kappa shape index (κ2) is 7.27. The van der Waals surface area contributed by atoms with Gasteiger partial charge in [-0.15, -0.1) is 0 Å². The molecule has 1 aliphatic rings. The third kappa shape index (κ3) is 4.02. The van der Waals surface area contributed by atoms with E-state index >= 15 is 0 Å². The molecule has 1 aliphatic carbocycles. The van der Waals surface area contributed by atoms with Crippen LogP contribution < -0.4 is 10.6 Å². The zero-order valence-electron chi connectivity index (χ0n) is 14.3. The van der Waals surface area contributed by atoms with Crippen molar-refractivity contribution in [1.29, 1.82) is 0 Å². The van der Waals surface area contributed by atoms with Crippen LogP contribution >= 0.6 is 11.6 Å². The number of halogens is 1. The molecule has 2 unspecified atom stereocenters. The number of carbonyl (C=O) groups is 2. The van der Waals surface area contributed by atoms with Gasteiger partial charge >= 0.3 is 0 Å². The molecule has 1 aromatic heterocycles. The van der Waals surface area contributed by atoms with E-state index in [2.05, 4.69) is 15.7 Å². The number of aryl methyl sites for hydroxylation is 1. The molecule has 2 N–H and O–H groups in total. The van der Waals surface area contributed by atoms with Gasteiger partial charge in [0.25, 0.3) is 5.91 Å². The molecule has 2 aromatic rings. The van der Waals surface area contributed by atoms with Crippen LogP contribution in [0.4, 0.5) is 5.69 Å². The second-order valence-corrected chi connectivity index (χ2v) is 6.77. The molecule has 1 heterocycles. The fourth-order valence-electron chi connectivity index (χ4n) is 2.86. The topological polar surface area (TPSA) is 76.0 Å². The highest BCUT2D eigenvalue weighted by molar-refractivity contribution is 6.31. The zero-order chi connectivity index (χ0) is 18.0. The van der Waals surface area contributed by atoms with Gasteiger partial charge < -0.3 is 10.6 Å². The third-order valence-corrected chi connectivity index (χ3v) is 4.53. The van der Waals surface area contributed by atoms with Gasteiger partial charge in [-0.25, -0.2) is 0 Å². The summed E-state index contributed by atoms with van der Waals surface area (Å²) in [6.45, 7) is 2.57. The van der Waals surface area contributed by atoms with Gasteiger partial charge in [0.2, 0.25) is 5.91 Å². The smallest absolute Gasteiger partial charge is 0.253 e. The van der Waals surface area contributed by atoms with E-state index in [9.17, 15) is 9.59 Å². The van der Waals surface area contributed by atoms with E-state index in [0.717, 1.165) is 18.4 Å². The number of rotatable bonds is 6. The summed E-state index contributed by atoms with van der Waals surface area (Å²) < 4.78 is 1.73. The van der Waals surface area contributed by atoms with Gasteiger partial charge in [0.1, 0.15) is 0 Å². The second-order valence-electron chi connectivity index (χ2n) is 6.33. The van der Waals surface area contributed by atoms with Crippen molar-refractivity contribution in [3.8, 4) is 0 Å². The molecule has 1 aromatic carbocycles. The highest BCUT2D eigenvalue weighted by Crippen LogP contribution is 2.47. The number of anilines is 1. The van der Waals surface area contributed by atoms with Crippen LogP contribution in [0.25, 0.3) is 0 Å². The Morgan fingerprint density at radius 1 is 1.40 bits per heavy atom. The summed E-state index contributed by atoms with van der Waals surface area (Å²) in [6.07, 6.45) is 5.35. The Morgan fingerprint density at radius 2 is 2.20 bits per heavy atom. The number of benzene rings is 1. The largest absolute Gasteiger partial charge is 0.352 e. The van der Waals surface area contributed by atoms with Gasteiger partial charge in [0, 0.05) is 30.7 Å². The van der Waals surface area contributed by atoms with Gasteiger partial charge in [0.15, 0.2) is 0 Å². The van der Waals surface area contributed by atoms with Crippen LogP contribution in [0.2, 0.25) is 5.02 Å². The predicted molar refractivity (Wildman–Crippen MR) is 96.8 cm³/mol. The van der Waals surface area contributed by atoms with Crippen molar-refractivity contribution >= 4 is 29.1 Å². The first-order valence-electron chi connectivity index (χ1n) is 8.36. The molecule has 1 saturated carbocycles. The lowest BCUT2D eigenvalue weighted by atomic mass is 10.1. The van der Waals surface area contributed by atoms with Crippen LogP contribution in [-0.4, -0.2) is 28.1 Å². The standard InChI is InChI=1S/C18H21ClN4O2/c1-3-6-20-17(24)13-5-4-12(19)7-16(13)22-18(25)15-8-14(15)11-9-21-23(2)10-11/h4-5,7,9-10,14-15H,3,6,8H2,1-2H3,(H,20,24)(H,22,25). The first-order valence-corrected chi connectivity index (χ1v) is 8.74. The monoisotopic (exact) mass is 360 g/mol. The third-order valence-electron chi connectivity index (χ3n) is 4.30. The first-order chi connectivity index (χ1) is 12.0. The van der Waals surface area contributed by atoms with Crippen LogP contribution in [0.5, 0.6) is 0 Å². The van der Waals surface area contributed by atoms with Crippen molar-refractivity contribution in [2.75, 3.05) is 11.9 Å². The highest BCUT2D eigenvalue weighted by Gasteiger charge is 2.44. The number of aromatic nitrogens is 2. The van der Waals surface area contributed by atoms with Crippen LogP contribution in [0.1, 0.15) is 41.6 Å². The number of carbonyl (C=O) groups excluding carboxylic acids is 2. The molecule has 0 radical (unpaired) electrons. The van der Waals surface area contributed by atoms with E-state index in [1.807, 2.05) is 20.2 Å². The number of nitrogens with zero attached hydrogens (tertiary/aromatic N) is 2. The predicted octanol–water partition coefficient (Wildman–Crippen LogP) is 2.96. The van der Waals surface area contributed by atoms with Gasteiger partial charge in [-0.2, -0.15) is 5.10 Å². The molecule has 1 fully saturated rings. The quantitative estimate of drug-likeness (QED) is 0.831.